The van der Waals surface area contributed by atoms with Gasteiger partial charge in [-0.15, -0.1) is 0 Å². The molecule has 0 aliphatic heterocycles. The van der Waals surface area contributed by atoms with Crippen molar-refractivity contribution in [2.45, 2.75) is 26.9 Å². The maximum absolute atomic E-state index is 4.72. The molecule has 0 amide bonds. The van der Waals surface area contributed by atoms with Crippen LogP contribution < -0.4 is 9.80 Å². The summed E-state index contributed by atoms with van der Waals surface area (Å²) in [6.07, 6.45) is 0. The van der Waals surface area contributed by atoms with E-state index >= 15 is 0 Å². The molecule has 6 heteroatoms. The van der Waals surface area contributed by atoms with Crippen molar-refractivity contribution in [2.75, 3.05) is 34.4 Å². The highest BCUT2D eigenvalue weighted by atomic mass is 33.1. The molecule has 0 N–H and O–H groups in total. The summed E-state index contributed by atoms with van der Waals surface area (Å²) < 4.78 is 0. The number of aromatic nitrogens is 2. The number of para-hydroxylation sites is 2. The summed E-state index contributed by atoms with van der Waals surface area (Å²) in [5.74, 6) is 2.10. The smallest absolute Gasteiger partial charge is 0.0602 e. The van der Waals surface area contributed by atoms with Gasteiger partial charge in [0.15, 0.2) is 0 Å². The minimum atomic E-state index is 0.822. The summed E-state index contributed by atoms with van der Waals surface area (Å²) >= 11 is 0. The summed E-state index contributed by atoms with van der Waals surface area (Å²) in [5, 5.41) is 0. The van der Waals surface area contributed by atoms with Crippen molar-refractivity contribution in [3.05, 3.63) is 120 Å². The van der Waals surface area contributed by atoms with E-state index in [-0.39, 0.29) is 0 Å². The lowest BCUT2D eigenvalue weighted by Gasteiger charge is -2.25. The van der Waals surface area contributed by atoms with Crippen molar-refractivity contribution in [3.8, 4) is 0 Å². The second kappa shape index (κ2) is 14.0. The van der Waals surface area contributed by atoms with Gasteiger partial charge in [-0.3, -0.25) is 9.97 Å². The first-order chi connectivity index (χ1) is 17.7. The van der Waals surface area contributed by atoms with E-state index in [1.165, 1.54) is 11.4 Å². The molecule has 0 unspecified atom stereocenters. The van der Waals surface area contributed by atoms with Gasteiger partial charge in [-0.25, -0.2) is 0 Å². The van der Waals surface area contributed by atoms with Crippen LogP contribution in [0, 0.1) is 13.8 Å². The Hall–Kier alpha value is -2.96. The van der Waals surface area contributed by atoms with Gasteiger partial charge in [-0.05, 0) is 62.4 Å². The zero-order chi connectivity index (χ0) is 25.0. The third-order valence-corrected chi connectivity index (χ3v) is 8.18. The van der Waals surface area contributed by atoms with Crippen molar-refractivity contribution in [2.24, 2.45) is 0 Å². The largest absolute Gasteiger partial charge is 0.365 e. The summed E-state index contributed by atoms with van der Waals surface area (Å²) in [6.45, 7) is 7.71. The van der Waals surface area contributed by atoms with Crippen molar-refractivity contribution in [1.82, 2.24) is 9.97 Å². The molecule has 2 heterocycles. The molecule has 0 atom stereocenters. The zero-order valence-electron chi connectivity index (χ0n) is 21.1. The molecule has 2 aromatic carbocycles. The van der Waals surface area contributed by atoms with Crippen LogP contribution in [0.5, 0.6) is 0 Å². The Labute approximate surface area is 223 Å². The molecule has 36 heavy (non-hydrogen) atoms. The summed E-state index contributed by atoms with van der Waals surface area (Å²) in [7, 11) is 3.90. The Morgan fingerprint density at radius 1 is 0.528 bits per heavy atom. The summed E-state index contributed by atoms with van der Waals surface area (Å²) in [5.41, 5.74) is 6.84. The first-order valence-corrected chi connectivity index (χ1v) is 14.9. The lowest BCUT2D eigenvalue weighted by Crippen LogP contribution is -2.26. The van der Waals surface area contributed by atoms with Crippen LogP contribution in [-0.2, 0) is 13.1 Å². The van der Waals surface area contributed by atoms with Crippen molar-refractivity contribution in [3.63, 3.8) is 0 Å². The molecular weight excluding hydrogens is 480 g/mol. The average Bonchev–Trinajstić information content (AvgIpc) is 2.90. The zero-order valence-corrected chi connectivity index (χ0v) is 22.7. The van der Waals surface area contributed by atoms with Crippen LogP contribution in [0.4, 0.5) is 11.4 Å². The van der Waals surface area contributed by atoms with Crippen molar-refractivity contribution < 1.29 is 0 Å². The molecule has 2 aromatic heterocycles. The standard InChI is InChI=1S/C30H34N4S2/c1-25-11-9-13-27(31-25)23-33(29-15-5-3-6-16-29)19-21-35-36-22-20-34(30-17-7-4-8-18-30)24-28-14-10-12-26(2)32-28/h3-18H,19-24H2,1-2H3. The maximum atomic E-state index is 4.72. The number of benzene rings is 2. The molecule has 0 aliphatic rings. The highest BCUT2D eigenvalue weighted by Crippen LogP contribution is 2.25. The van der Waals surface area contributed by atoms with E-state index in [4.69, 9.17) is 9.97 Å². The second-order valence-corrected chi connectivity index (χ2v) is 11.4. The molecule has 0 fully saturated rings. The molecule has 4 aromatic rings. The first-order valence-electron chi connectivity index (χ1n) is 12.4. The third kappa shape index (κ3) is 8.32. The van der Waals surface area contributed by atoms with Crippen LogP contribution in [0.3, 0.4) is 0 Å². The Morgan fingerprint density at radius 3 is 1.33 bits per heavy atom. The van der Waals surface area contributed by atoms with Gasteiger partial charge < -0.3 is 9.80 Å². The van der Waals surface area contributed by atoms with Gasteiger partial charge in [0, 0.05) is 47.4 Å². The van der Waals surface area contributed by atoms with E-state index in [9.17, 15) is 0 Å². The molecule has 0 saturated carbocycles. The van der Waals surface area contributed by atoms with Gasteiger partial charge in [0.05, 0.1) is 24.5 Å². The fraction of sp³-hybridized carbons (Fsp3) is 0.267. The van der Waals surface area contributed by atoms with Crippen LogP contribution in [0.2, 0.25) is 0 Å². The minimum Gasteiger partial charge on any atom is -0.365 e. The SMILES string of the molecule is Cc1cccc(CN(CCSSCCN(Cc2cccc(C)n2)c2ccccc2)c2ccccc2)n1. The van der Waals surface area contributed by atoms with Crippen LogP contribution in [-0.4, -0.2) is 34.6 Å². The molecule has 4 nitrogen and oxygen atoms in total. The molecule has 0 aliphatic carbocycles. The minimum absolute atomic E-state index is 0.822. The number of rotatable bonds is 13. The predicted octanol–water partition coefficient (Wildman–Crippen LogP) is 7.19. The van der Waals surface area contributed by atoms with E-state index in [1.54, 1.807) is 0 Å². The molecule has 0 radical (unpaired) electrons. The first kappa shape index (κ1) is 26.1. The van der Waals surface area contributed by atoms with Crippen LogP contribution in [0.15, 0.2) is 97.1 Å². The number of nitrogens with zero attached hydrogens (tertiary/aromatic N) is 4. The molecule has 0 bridgehead atoms. The molecule has 4 rings (SSSR count). The normalized spacial score (nSPS) is 10.8. The van der Waals surface area contributed by atoms with E-state index in [0.717, 1.165) is 60.5 Å². The Balaban J connectivity index is 1.29. The van der Waals surface area contributed by atoms with E-state index in [0.29, 0.717) is 0 Å². The fourth-order valence-electron chi connectivity index (χ4n) is 4.06. The van der Waals surface area contributed by atoms with Gasteiger partial charge >= 0.3 is 0 Å². The highest BCUT2D eigenvalue weighted by Gasteiger charge is 2.11. The molecule has 0 saturated heterocycles. The molecule has 0 spiro atoms. The van der Waals surface area contributed by atoms with Crippen LogP contribution >= 0.6 is 21.6 Å². The highest BCUT2D eigenvalue weighted by molar-refractivity contribution is 8.76. The Kier molecular flexibility index (Phi) is 10.1. The van der Waals surface area contributed by atoms with E-state index < -0.39 is 0 Å². The molecular formula is C30H34N4S2. The van der Waals surface area contributed by atoms with Gasteiger partial charge in [-0.2, -0.15) is 0 Å². The fourth-order valence-corrected chi connectivity index (χ4v) is 6.04. The topological polar surface area (TPSA) is 32.3 Å². The number of aryl methyl sites for hydroxylation is 2. The Bertz CT molecular complexity index is 1090. The van der Waals surface area contributed by atoms with Gasteiger partial charge in [0.2, 0.25) is 0 Å². The van der Waals surface area contributed by atoms with Crippen molar-refractivity contribution >= 4 is 33.0 Å². The van der Waals surface area contributed by atoms with E-state index in [1.807, 2.05) is 21.6 Å². The third-order valence-electron chi connectivity index (χ3n) is 5.81. The number of hydrogen-bond acceptors (Lipinski definition) is 6. The van der Waals surface area contributed by atoms with Crippen LogP contribution in [0.25, 0.3) is 0 Å². The van der Waals surface area contributed by atoms with Gasteiger partial charge in [0.25, 0.3) is 0 Å². The van der Waals surface area contributed by atoms with Gasteiger partial charge in [0.1, 0.15) is 0 Å². The summed E-state index contributed by atoms with van der Waals surface area (Å²) in [6, 6.07) is 33.8. The van der Waals surface area contributed by atoms with E-state index in [2.05, 4.69) is 121 Å². The lowest BCUT2D eigenvalue weighted by atomic mass is 10.2. The Morgan fingerprint density at radius 2 is 0.944 bits per heavy atom. The van der Waals surface area contributed by atoms with Crippen LogP contribution in [0.1, 0.15) is 22.8 Å². The number of pyridine rings is 2. The number of anilines is 2. The average molecular weight is 515 g/mol. The molecule has 186 valence electrons. The quantitative estimate of drug-likeness (QED) is 0.139. The number of hydrogen-bond donors (Lipinski definition) is 0. The maximum Gasteiger partial charge on any atom is 0.0602 e. The predicted molar refractivity (Wildman–Crippen MR) is 158 cm³/mol. The lowest BCUT2D eigenvalue weighted by molar-refractivity contribution is 0.810. The van der Waals surface area contributed by atoms with Crippen molar-refractivity contribution in [1.29, 1.82) is 0 Å². The van der Waals surface area contributed by atoms with Gasteiger partial charge in [-0.1, -0.05) is 70.1 Å². The summed E-state index contributed by atoms with van der Waals surface area (Å²) in [4.78, 5) is 14.3. The monoisotopic (exact) mass is 514 g/mol. The second-order valence-electron chi connectivity index (χ2n) is 8.70.